The number of hydrogen-bond donors (Lipinski definition) is 0. The van der Waals surface area contributed by atoms with Crippen molar-refractivity contribution in [2.45, 2.75) is 15.2 Å². The van der Waals surface area contributed by atoms with Crippen molar-refractivity contribution in [1.82, 2.24) is 0 Å². The van der Waals surface area contributed by atoms with Gasteiger partial charge in [-0.05, 0) is 111 Å². The van der Waals surface area contributed by atoms with Crippen LogP contribution in [0.1, 0.15) is 22.3 Å². The molecule has 0 N–H and O–H groups in total. The van der Waals surface area contributed by atoms with Crippen molar-refractivity contribution in [3.8, 4) is 33.8 Å². The maximum absolute atomic E-state index is 6.58. The molecule has 4 heteroatoms. The summed E-state index contributed by atoms with van der Waals surface area (Å²) in [5.41, 5.74) is 14.0. The van der Waals surface area contributed by atoms with Crippen LogP contribution >= 0.6 is 11.8 Å². The smallest absolute Gasteiger partial charge is 0.137 e. The van der Waals surface area contributed by atoms with E-state index in [0.717, 1.165) is 56.1 Å². The standard InChI is InChI=1S/C59H37NO2S/c1-2-14-45-39(12-1)13-11-16-46(45)40-26-31-43(32-27-40)60(44-33-34-48-47-15-3-7-20-53(47)61-56(48)37-44)42-29-24-38(25-30-42)41-28-35-52-58(36-41)63-57-23-10-6-19-51(57)59(52)49-17-4-8-21-54(49)62-55-22-9-5-18-50(55)59/h1-37H. The zero-order chi connectivity index (χ0) is 41.5. The molecule has 0 aliphatic carbocycles. The van der Waals surface area contributed by atoms with E-state index in [2.05, 4.69) is 217 Å². The number of rotatable bonds is 5. The van der Waals surface area contributed by atoms with Crippen molar-refractivity contribution >= 4 is 61.5 Å². The predicted molar refractivity (Wildman–Crippen MR) is 259 cm³/mol. The Kier molecular flexibility index (Phi) is 8.06. The van der Waals surface area contributed by atoms with Gasteiger partial charge in [-0.1, -0.05) is 163 Å². The summed E-state index contributed by atoms with van der Waals surface area (Å²) >= 11 is 1.86. The fourth-order valence-electron chi connectivity index (χ4n) is 10.2. The summed E-state index contributed by atoms with van der Waals surface area (Å²) in [6, 6.07) is 80.9. The first-order chi connectivity index (χ1) is 31.2. The number of nitrogens with zero attached hydrogens (tertiary/aromatic N) is 1. The van der Waals surface area contributed by atoms with Crippen LogP contribution in [-0.2, 0) is 5.41 Å². The number of anilines is 3. The molecular formula is C59H37NO2S. The monoisotopic (exact) mass is 823 g/mol. The molecule has 1 aromatic heterocycles. The maximum atomic E-state index is 6.58. The van der Waals surface area contributed by atoms with E-state index in [-0.39, 0.29) is 0 Å². The van der Waals surface area contributed by atoms with Crippen LogP contribution in [0, 0.1) is 0 Å². The van der Waals surface area contributed by atoms with Gasteiger partial charge in [-0.25, -0.2) is 0 Å². The number of benzene rings is 10. The van der Waals surface area contributed by atoms with Crippen LogP contribution in [0.4, 0.5) is 17.1 Å². The molecule has 0 radical (unpaired) electrons. The van der Waals surface area contributed by atoms with Crippen molar-refractivity contribution in [3.63, 3.8) is 0 Å². The van der Waals surface area contributed by atoms with Crippen molar-refractivity contribution in [3.05, 3.63) is 247 Å². The predicted octanol–water partition coefficient (Wildman–Crippen LogP) is 16.5. The molecule has 2 aliphatic rings. The Hall–Kier alpha value is -7.79. The van der Waals surface area contributed by atoms with E-state index in [1.807, 2.05) is 23.9 Å². The number of furan rings is 1. The lowest BCUT2D eigenvalue weighted by Crippen LogP contribution is -2.36. The third-order valence-corrected chi connectivity index (χ3v) is 14.1. The lowest BCUT2D eigenvalue weighted by Gasteiger charge is -2.45. The van der Waals surface area contributed by atoms with E-state index < -0.39 is 5.41 Å². The average molecular weight is 824 g/mol. The second-order valence-corrected chi connectivity index (χ2v) is 17.5. The molecule has 0 atom stereocenters. The molecule has 0 saturated heterocycles. The lowest BCUT2D eigenvalue weighted by molar-refractivity contribution is 0.431. The fraction of sp³-hybridized carbons (Fsp3) is 0.0169. The minimum absolute atomic E-state index is 0.518. The van der Waals surface area contributed by atoms with Gasteiger partial charge in [0.15, 0.2) is 0 Å². The molecule has 10 aromatic carbocycles. The number of hydrogen-bond acceptors (Lipinski definition) is 4. The minimum Gasteiger partial charge on any atom is -0.457 e. The first-order valence-electron chi connectivity index (χ1n) is 21.4. The topological polar surface area (TPSA) is 25.6 Å². The molecular weight excluding hydrogens is 787 g/mol. The highest BCUT2D eigenvalue weighted by atomic mass is 32.2. The van der Waals surface area contributed by atoms with Gasteiger partial charge in [0, 0.05) is 54.8 Å². The molecule has 1 spiro atoms. The Balaban J connectivity index is 0.919. The normalized spacial score (nSPS) is 13.3. The van der Waals surface area contributed by atoms with E-state index in [0.29, 0.717) is 0 Å². The summed E-state index contributed by atoms with van der Waals surface area (Å²) in [4.78, 5) is 4.83. The van der Waals surface area contributed by atoms with Crippen LogP contribution in [0.25, 0.3) is 55.0 Å². The molecule has 0 unspecified atom stereocenters. The molecule has 2 aliphatic heterocycles. The van der Waals surface area contributed by atoms with Crippen molar-refractivity contribution in [2.75, 3.05) is 4.90 Å². The Morgan fingerprint density at radius 1 is 0.365 bits per heavy atom. The van der Waals surface area contributed by atoms with Gasteiger partial charge in [-0.2, -0.15) is 0 Å². The number of fused-ring (bicyclic) bond motifs is 12. The van der Waals surface area contributed by atoms with Crippen LogP contribution in [0.2, 0.25) is 0 Å². The first kappa shape index (κ1) is 35.9. The summed E-state index contributed by atoms with van der Waals surface area (Å²) in [5.74, 6) is 1.80. The van der Waals surface area contributed by atoms with Gasteiger partial charge in [0.05, 0.1) is 5.41 Å². The van der Waals surface area contributed by atoms with Gasteiger partial charge in [0.1, 0.15) is 22.7 Å². The molecule has 0 saturated carbocycles. The second-order valence-electron chi connectivity index (χ2n) is 16.4. The van der Waals surface area contributed by atoms with Crippen LogP contribution in [0.3, 0.4) is 0 Å². The van der Waals surface area contributed by atoms with E-state index in [1.54, 1.807) is 0 Å². The SMILES string of the molecule is c1ccc2c(c1)Oc1ccccc1C21c2ccccc2Sc2cc(-c3ccc(N(c4ccc(-c5cccc6ccccc56)cc4)c4ccc5c(c4)oc4ccccc45)cc3)ccc21. The third kappa shape index (κ3) is 5.55. The molecule has 3 nitrogen and oxygen atoms in total. The maximum Gasteiger partial charge on any atom is 0.137 e. The van der Waals surface area contributed by atoms with E-state index in [4.69, 9.17) is 9.15 Å². The Morgan fingerprint density at radius 2 is 0.937 bits per heavy atom. The van der Waals surface area contributed by atoms with E-state index >= 15 is 0 Å². The lowest BCUT2D eigenvalue weighted by atomic mass is 9.63. The first-order valence-corrected chi connectivity index (χ1v) is 22.2. The van der Waals surface area contributed by atoms with Crippen LogP contribution in [0.5, 0.6) is 11.5 Å². The van der Waals surface area contributed by atoms with Crippen LogP contribution in [-0.4, -0.2) is 0 Å². The highest BCUT2D eigenvalue weighted by Gasteiger charge is 2.49. The number of ether oxygens (including phenoxy) is 1. The molecule has 296 valence electrons. The Morgan fingerprint density at radius 3 is 1.71 bits per heavy atom. The average Bonchev–Trinajstić information content (AvgIpc) is 3.72. The summed E-state index contributed by atoms with van der Waals surface area (Å²) in [6.07, 6.45) is 0. The van der Waals surface area contributed by atoms with Gasteiger partial charge in [0.25, 0.3) is 0 Å². The molecule has 0 fully saturated rings. The van der Waals surface area contributed by atoms with Crippen LogP contribution < -0.4 is 9.64 Å². The Labute approximate surface area is 369 Å². The molecule has 3 heterocycles. The highest BCUT2D eigenvalue weighted by Crippen LogP contribution is 2.61. The summed E-state index contributed by atoms with van der Waals surface area (Å²) in [7, 11) is 0. The molecule has 63 heavy (non-hydrogen) atoms. The van der Waals surface area contributed by atoms with Gasteiger partial charge < -0.3 is 14.1 Å². The highest BCUT2D eigenvalue weighted by molar-refractivity contribution is 7.99. The molecule has 11 aromatic rings. The fourth-order valence-corrected chi connectivity index (χ4v) is 11.4. The van der Waals surface area contributed by atoms with Gasteiger partial charge in [0.2, 0.25) is 0 Å². The molecule has 0 bridgehead atoms. The number of para-hydroxylation sites is 3. The van der Waals surface area contributed by atoms with Crippen molar-refractivity contribution in [1.29, 1.82) is 0 Å². The van der Waals surface area contributed by atoms with Gasteiger partial charge >= 0.3 is 0 Å². The zero-order valence-corrected chi connectivity index (χ0v) is 34.9. The summed E-state index contributed by atoms with van der Waals surface area (Å²) in [6.45, 7) is 0. The van der Waals surface area contributed by atoms with Gasteiger partial charge in [-0.15, -0.1) is 0 Å². The zero-order valence-electron chi connectivity index (χ0n) is 34.0. The molecule has 0 amide bonds. The van der Waals surface area contributed by atoms with E-state index in [1.165, 1.54) is 59.5 Å². The van der Waals surface area contributed by atoms with Crippen molar-refractivity contribution in [2.24, 2.45) is 0 Å². The second kappa shape index (κ2) is 14.1. The van der Waals surface area contributed by atoms with Crippen molar-refractivity contribution < 1.29 is 9.15 Å². The quantitative estimate of drug-likeness (QED) is 0.173. The summed E-state index contributed by atoms with van der Waals surface area (Å²) < 4.78 is 13.0. The third-order valence-electron chi connectivity index (χ3n) is 13.0. The molecule has 13 rings (SSSR count). The Bertz CT molecular complexity index is 3520. The van der Waals surface area contributed by atoms with Crippen LogP contribution in [0.15, 0.2) is 239 Å². The van der Waals surface area contributed by atoms with E-state index in [9.17, 15) is 0 Å². The summed E-state index contributed by atoms with van der Waals surface area (Å²) in [5, 5.41) is 4.72. The van der Waals surface area contributed by atoms with Gasteiger partial charge in [-0.3, -0.25) is 0 Å². The largest absolute Gasteiger partial charge is 0.457 e. The minimum atomic E-state index is -0.518.